The maximum absolute atomic E-state index is 11.6. The number of hydrogen-bond donors (Lipinski definition) is 2. The van der Waals surface area contributed by atoms with E-state index in [1.165, 1.54) is 0 Å². The van der Waals surface area contributed by atoms with Gasteiger partial charge >= 0.3 is 0 Å². The van der Waals surface area contributed by atoms with Gasteiger partial charge in [0, 0.05) is 24.9 Å². The molecule has 1 saturated carbocycles. The van der Waals surface area contributed by atoms with Crippen molar-refractivity contribution in [2.75, 3.05) is 7.05 Å². The number of amides is 1. The quantitative estimate of drug-likeness (QED) is 0.804. The third-order valence-corrected chi connectivity index (χ3v) is 3.90. The zero-order valence-corrected chi connectivity index (χ0v) is 10.4. The first-order chi connectivity index (χ1) is 8.13. The summed E-state index contributed by atoms with van der Waals surface area (Å²) in [5.74, 6) is 0.826. The number of carbonyl (C=O) groups excluding carboxylic acids is 1. The maximum atomic E-state index is 11.6. The smallest absolute Gasteiger partial charge is 0.237 e. The molecular formula is C12H20N4O. The lowest BCUT2D eigenvalue weighted by Gasteiger charge is -2.25. The van der Waals surface area contributed by atoms with E-state index in [1.807, 2.05) is 19.4 Å². The molecule has 1 amide bonds. The van der Waals surface area contributed by atoms with Crippen LogP contribution in [0.15, 0.2) is 12.4 Å². The predicted molar refractivity (Wildman–Crippen MR) is 65.5 cm³/mol. The van der Waals surface area contributed by atoms with Gasteiger partial charge in [0.25, 0.3) is 0 Å². The molecule has 1 aromatic heterocycles. The fourth-order valence-corrected chi connectivity index (χ4v) is 2.78. The average molecular weight is 236 g/mol. The minimum absolute atomic E-state index is 0.249. The normalized spacial score (nSPS) is 28.5. The van der Waals surface area contributed by atoms with Crippen molar-refractivity contribution in [2.45, 2.75) is 44.2 Å². The molecule has 0 saturated heterocycles. The lowest BCUT2D eigenvalue weighted by Crippen LogP contribution is -2.52. The van der Waals surface area contributed by atoms with E-state index < -0.39 is 5.54 Å². The fourth-order valence-electron chi connectivity index (χ4n) is 2.78. The molecule has 2 atom stereocenters. The second kappa shape index (κ2) is 4.49. The number of aryl methyl sites for hydroxylation is 1. The molecule has 5 nitrogen and oxygen atoms in total. The molecule has 1 heterocycles. The number of hydrogen-bond acceptors (Lipinski definition) is 3. The van der Waals surface area contributed by atoms with E-state index in [0.717, 1.165) is 31.5 Å². The van der Waals surface area contributed by atoms with Crippen LogP contribution in [0, 0.1) is 0 Å². The number of nitrogens with one attached hydrogen (secondary N) is 1. The Balaban J connectivity index is 2.20. The van der Waals surface area contributed by atoms with E-state index in [-0.39, 0.29) is 5.91 Å². The Kier molecular flexibility index (Phi) is 3.19. The first kappa shape index (κ1) is 12.1. The molecule has 0 aromatic carbocycles. The lowest BCUT2D eigenvalue weighted by molar-refractivity contribution is -0.124. The molecule has 2 unspecified atom stereocenters. The van der Waals surface area contributed by atoms with E-state index in [9.17, 15) is 4.79 Å². The largest absolute Gasteiger partial charge is 0.368 e. The molecule has 0 bridgehead atoms. The van der Waals surface area contributed by atoms with Crippen LogP contribution in [0.4, 0.5) is 0 Å². The second-order valence-electron chi connectivity index (χ2n) is 4.70. The van der Waals surface area contributed by atoms with Gasteiger partial charge in [0.05, 0.1) is 5.54 Å². The summed E-state index contributed by atoms with van der Waals surface area (Å²) in [6, 6.07) is 0.326. The van der Waals surface area contributed by atoms with Gasteiger partial charge in [-0.25, -0.2) is 4.98 Å². The minimum atomic E-state index is -0.542. The first-order valence-corrected chi connectivity index (χ1v) is 6.13. The Labute approximate surface area is 101 Å². The number of nitrogens with zero attached hydrogens (tertiary/aromatic N) is 2. The van der Waals surface area contributed by atoms with Crippen LogP contribution in [0.3, 0.4) is 0 Å². The van der Waals surface area contributed by atoms with Gasteiger partial charge in [0.1, 0.15) is 5.82 Å². The molecule has 5 heteroatoms. The van der Waals surface area contributed by atoms with Crippen molar-refractivity contribution in [2.24, 2.45) is 5.73 Å². The molecule has 2 rings (SSSR count). The highest BCUT2D eigenvalue weighted by molar-refractivity contribution is 5.85. The monoisotopic (exact) mass is 236 g/mol. The number of imidazole rings is 1. The van der Waals surface area contributed by atoms with Crippen LogP contribution < -0.4 is 11.1 Å². The summed E-state index contributed by atoms with van der Waals surface area (Å²) < 4.78 is 2.18. The van der Waals surface area contributed by atoms with Gasteiger partial charge in [-0.15, -0.1) is 0 Å². The van der Waals surface area contributed by atoms with E-state index >= 15 is 0 Å². The highest BCUT2D eigenvalue weighted by atomic mass is 16.1. The number of carbonyl (C=O) groups is 1. The number of rotatable bonds is 4. The molecule has 1 fully saturated rings. The molecule has 0 aliphatic heterocycles. The summed E-state index contributed by atoms with van der Waals surface area (Å²) >= 11 is 0. The number of nitrogens with two attached hydrogens (primary N) is 1. The Bertz CT molecular complexity index is 414. The Morgan fingerprint density at radius 1 is 1.76 bits per heavy atom. The minimum Gasteiger partial charge on any atom is -0.368 e. The van der Waals surface area contributed by atoms with Crippen molar-refractivity contribution in [1.29, 1.82) is 0 Å². The molecule has 17 heavy (non-hydrogen) atoms. The van der Waals surface area contributed by atoms with Crippen molar-refractivity contribution in [3.05, 3.63) is 18.2 Å². The molecule has 0 radical (unpaired) electrons. The van der Waals surface area contributed by atoms with Gasteiger partial charge < -0.3 is 15.6 Å². The molecule has 1 aromatic rings. The highest BCUT2D eigenvalue weighted by Crippen LogP contribution is 2.38. The van der Waals surface area contributed by atoms with E-state index in [4.69, 9.17) is 5.73 Å². The third-order valence-electron chi connectivity index (χ3n) is 3.90. The van der Waals surface area contributed by atoms with Crippen molar-refractivity contribution in [3.63, 3.8) is 0 Å². The van der Waals surface area contributed by atoms with Gasteiger partial charge in [0.15, 0.2) is 0 Å². The fraction of sp³-hybridized carbons (Fsp3) is 0.667. The van der Waals surface area contributed by atoms with E-state index in [0.29, 0.717) is 6.04 Å². The summed E-state index contributed by atoms with van der Waals surface area (Å²) in [4.78, 5) is 15.9. The van der Waals surface area contributed by atoms with Crippen LogP contribution >= 0.6 is 0 Å². The third kappa shape index (κ3) is 1.95. The summed E-state index contributed by atoms with van der Waals surface area (Å²) in [5.41, 5.74) is 4.96. The van der Waals surface area contributed by atoms with Gasteiger partial charge in [-0.3, -0.25) is 4.79 Å². The highest BCUT2D eigenvalue weighted by Gasteiger charge is 2.43. The summed E-state index contributed by atoms with van der Waals surface area (Å²) in [6.45, 7) is 2.09. The molecule has 94 valence electrons. The van der Waals surface area contributed by atoms with Gasteiger partial charge in [-0.05, 0) is 26.3 Å². The number of primary amides is 1. The summed E-state index contributed by atoms with van der Waals surface area (Å²) in [7, 11) is 1.81. The Hall–Kier alpha value is -1.36. The molecular weight excluding hydrogens is 216 g/mol. The first-order valence-electron chi connectivity index (χ1n) is 6.13. The number of aromatic nitrogens is 2. The molecule has 3 N–H and O–H groups in total. The SMILES string of the molecule is CCc1nccn1C1CCC(NC)(C(N)=O)C1. The second-order valence-corrected chi connectivity index (χ2v) is 4.70. The zero-order chi connectivity index (χ0) is 12.5. The van der Waals surface area contributed by atoms with Crippen LogP contribution in [0.25, 0.3) is 0 Å². The molecule has 1 aliphatic carbocycles. The van der Waals surface area contributed by atoms with Crippen LogP contribution in [-0.2, 0) is 11.2 Å². The summed E-state index contributed by atoms with van der Waals surface area (Å²) in [5, 5.41) is 3.10. The van der Waals surface area contributed by atoms with Crippen LogP contribution in [0.2, 0.25) is 0 Å². The average Bonchev–Trinajstić information content (AvgIpc) is 2.95. The van der Waals surface area contributed by atoms with Crippen molar-refractivity contribution in [3.8, 4) is 0 Å². The van der Waals surface area contributed by atoms with Gasteiger partial charge in [0.2, 0.25) is 5.91 Å². The van der Waals surface area contributed by atoms with Crippen LogP contribution in [0.5, 0.6) is 0 Å². The van der Waals surface area contributed by atoms with Gasteiger partial charge in [-0.2, -0.15) is 0 Å². The van der Waals surface area contributed by atoms with Gasteiger partial charge in [-0.1, -0.05) is 6.92 Å². The van der Waals surface area contributed by atoms with E-state index in [1.54, 1.807) is 0 Å². The van der Waals surface area contributed by atoms with Crippen molar-refractivity contribution >= 4 is 5.91 Å². The molecule has 1 aliphatic rings. The van der Waals surface area contributed by atoms with E-state index in [2.05, 4.69) is 21.8 Å². The standard InChI is InChI=1S/C12H20N4O/c1-3-10-15-6-7-16(10)9-4-5-12(8-9,14-2)11(13)17/h6-7,9,14H,3-5,8H2,1-2H3,(H2,13,17). The Morgan fingerprint density at radius 3 is 3.06 bits per heavy atom. The zero-order valence-electron chi connectivity index (χ0n) is 10.4. The molecule has 0 spiro atoms. The Morgan fingerprint density at radius 2 is 2.53 bits per heavy atom. The van der Waals surface area contributed by atoms with Crippen molar-refractivity contribution in [1.82, 2.24) is 14.9 Å². The topological polar surface area (TPSA) is 72.9 Å². The van der Waals surface area contributed by atoms with Crippen LogP contribution in [-0.4, -0.2) is 28.0 Å². The number of likely N-dealkylation sites (N-methyl/N-ethyl adjacent to an activating group) is 1. The predicted octanol–water partition coefficient (Wildman–Crippen LogP) is 0.614. The lowest BCUT2D eigenvalue weighted by atomic mass is 9.97. The summed E-state index contributed by atoms with van der Waals surface area (Å²) in [6.07, 6.45) is 7.24. The van der Waals surface area contributed by atoms with Crippen LogP contribution in [0.1, 0.15) is 38.1 Å². The van der Waals surface area contributed by atoms with Crippen molar-refractivity contribution < 1.29 is 4.79 Å². The maximum Gasteiger partial charge on any atom is 0.237 e.